The SMILES string of the molecule is CCC1(C)CN(c2ccc3c(c2)CCC3)C(C)CN1. The maximum absolute atomic E-state index is 3.71. The van der Waals surface area contributed by atoms with Crippen LogP contribution in [0.3, 0.4) is 0 Å². The summed E-state index contributed by atoms with van der Waals surface area (Å²) < 4.78 is 0. The largest absolute Gasteiger partial charge is 0.366 e. The van der Waals surface area contributed by atoms with Crippen molar-refractivity contribution in [2.45, 2.75) is 58.0 Å². The Morgan fingerprint density at radius 2 is 2.11 bits per heavy atom. The number of benzene rings is 1. The summed E-state index contributed by atoms with van der Waals surface area (Å²) in [5, 5.41) is 3.71. The second kappa shape index (κ2) is 4.82. The molecule has 1 fully saturated rings. The highest BCUT2D eigenvalue weighted by Gasteiger charge is 2.32. The minimum absolute atomic E-state index is 0.255. The summed E-state index contributed by atoms with van der Waals surface area (Å²) in [4.78, 5) is 2.60. The van der Waals surface area contributed by atoms with Crippen molar-refractivity contribution in [2.24, 2.45) is 0 Å². The Morgan fingerprint density at radius 3 is 2.89 bits per heavy atom. The minimum atomic E-state index is 0.255. The predicted molar refractivity (Wildman–Crippen MR) is 82.0 cm³/mol. The number of aryl methyl sites for hydroxylation is 2. The van der Waals surface area contributed by atoms with Crippen LogP contribution in [0.2, 0.25) is 0 Å². The van der Waals surface area contributed by atoms with Gasteiger partial charge in [-0.1, -0.05) is 13.0 Å². The molecule has 1 aromatic carbocycles. The van der Waals surface area contributed by atoms with Gasteiger partial charge in [0, 0.05) is 30.4 Å². The smallest absolute Gasteiger partial charge is 0.0387 e. The normalized spacial score (nSPS) is 30.5. The van der Waals surface area contributed by atoms with Crippen LogP contribution < -0.4 is 10.2 Å². The Bertz CT molecular complexity index is 468. The fourth-order valence-electron chi connectivity index (χ4n) is 3.41. The Labute approximate surface area is 117 Å². The van der Waals surface area contributed by atoms with E-state index in [1.165, 1.54) is 31.4 Å². The van der Waals surface area contributed by atoms with E-state index in [0.717, 1.165) is 13.1 Å². The van der Waals surface area contributed by atoms with Crippen molar-refractivity contribution >= 4 is 5.69 Å². The maximum atomic E-state index is 3.71. The summed E-state index contributed by atoms with van der Waals surface area (Å²) in [6, 6.07) is 7.72. The van der Waals surface area contributed by atoms with E-state index in [1.54, 1.807) is 11.1 Å². The lowest BCUT2D eigenvalue weighted by atomic mass is 9.93. The van der Waals surface area contributed by atoms with Gasteiger partial charge in [-0.3, -0.25) is 0 Å². The summed E-state index contributed by atoms with van der Waals surface area (Å²) in [6.07, 6.45) is 5.07. The first-order chi connectivity index (χ1) is 9.11. The van der Waals surface area contributed by atoms with Crippen molar-refractivity contribution in [1.29, 1.82) is 0 Å². The average Bonchev–Trinajstić information content (AvgIpc) is 2.89. The van der Waals surface area contributed by atoms with Crippen LogP contribution in [0, 0.1) is 0 Å². The molecule has 1 aliphatic carbocycles. The molecule has 3 rings (SSSR count). The van der Waals surface area contributed by atoms with Crippen LogP contribution in [-0.2, 0) is 12.8 Å². The number of rotatable bonds is 2. The molecule has 1 aliphatic heterocycles. The third-order valence-electron chi connectivity index (χ3n) is 5.07. The molecule has 1 saturated heterocycles. The second-order valence-corrected chi connectivity index (χ2v) is 6.58. The van der Waals surface area contributed by atoms with Gasteiger partial charge in [-0.2, -0.15) is 0 Å². The molecule has 1 N–H and O–H groups in total. The van der Waals surface area contributed by atoms with Gasteiger partial charge in [0.1, 0.15) is 0 Å². The van der Waals surface area contributed by atoms with Crippen LogP contribution >= 0.6 is 0 Å². The summed E-state index contributed by atoms with van der Waals surface area (Å²) in [6.45, 7) is 9.16. The molecule has 2 atom stereocenters. The standard InChI is InChI=1S/C17H26N2/c1-4-17(3)12-19(13(2)11-18-17)16-9-8-14-6-5-7-15(14)10-16/h8-10,13,18H,4-7,11-12H2,1-3H3. The zero-order valence-electron chi connectivity index (χ0n) is 12.5. The van der Waals surface area contributed by atoms with E-state index in [1.807, 2.05) is 0 Å². The minimum Gasteiger partial charge on any atom is -0.366 e. The van der Waals surface area contributed by atoms with Gasteiger partial charge < -0.3 is 10.2 Å². The van der Waals surface area contributed by atoms with Crippen molar-refractivity contribution < 1.29 is 0 Å². The van der Waals surface area contributed by atoms with Gasteiger partial charge in [0.2, 0.25) is 0 Å². The van der Waals surface area contributed by atoms with Crippen LogP contribution in [-0.4, -0.2) is 24.7 Å². The number of fused-ring (bicyclic) bond motifs is 1. The Kier molecular flexibility index (Phi) is 3.30. The average molecular weight is 258 g/mol. The molecule has 0 aromatic heterocycles. The van der Waals surface area contributed by atoms with Gasteiger partial charge in [0.05, 0.1) is 0 Å². The Morgan fingerprint density at radius 1 is 1.32 bits per heavy atom. The lowest BCUT2D eigenvalue weighted by Gasteiger charge is -2.46. The van der Waals surface area contributed by atoms with Crippen LogP contribution in [0.25, 0.3) is 0 Å². The summed E-state index contributed by atoms with van der Waals surface area (Å²) in [5.74, 6) is 0. The van der Waals surface area contributed by atoms with Crippen molar-refractivity contribution in [1.82, 2.24) is 5.32 Å². The first-order valence-electron chi connectivity index (χ1n) is 7.75. The summed E-state index contributed by atoms with van der Waals surface area (Å²) in [5.41, 5.74) is 4.84. The van der Waals surface area contributed by atoms with E-state index in [9.17, 15) is 0 Å². The highest BCUT2D eigenvalue weighted by atomic mass is 15.2. The molecule has 0 radical (unpaired) electrons. The molecule has 2 unspecified atom stereocenters. The zero-order valence-corrected chi connectivity index (χ0v) is 12.5. The van der Waals surface area contributed by atoms with E-state index in [4.69, 9.17) is 0 Å². The molecule has 1 heterocycles. The molecule has 2 nitrogen and oxygen atoms in total. The summed E-state index contributed by atoms with van der Waals surface area (Å²) in [7, 11) is 0. The first-order valence-corrected chi connectivity index (χ1v) is 7.75. The molecule has 1 aromatic rings. The fourth-order valence-corrected chi connectivity index (χ4v) is 3.41. The molecule has 2 aliphatic rings. The summed E-state index contributed by atoms with van der Waals surface area (Å²) >= 11 is 0. The van der Waals surface area contributed by atoms with Crippen LogP contribution in [0.4, 0.5) is 5.69 Å². The topological polar surface area (TPSA) is 15.3 Å². The lowest BCUT2D eigenvalue weighted by Crippen LogP contribution is -2.62. The Hall–Kier alpha value is -1.02. The molecule has 0 spiro atoms. The van der Waals surface area contributed by atoms with E-state index in [0.29, 0.717) is 6.04 Å². The molecule has 104 valence electrons. The van der Waals surface area contributed by atoms with E-state index >= 15 is 0 Å². The monoisotopic (exact) mass is 258 g/mol. The molecule has 19 heavy (non-hydrogen) atoms. The third kappa shape index (κ3) is 2.38. The van der Waals surface area contributed by atoms with Gasteiger partial charge in [-0.25, -0.2) is 0 Å². The van der Waals surface area contributed by atoms with Crippen molar-refractivity contribution in [3.8, 4) is 0 Å². The molecule has 0 amide bonds. The number of hydrogen-bond acceptors (Lipinski definition) is 2. The molecule has 2 heteroatoms. The van der Waals surface area contributed by atoms with Gasteiger partial charge in [0.15, 0.2) is 0 Å². The molecule has 0 saturated carbocycles. The van der Waals surface area contributed by atoms with Gasteiger partial charge in [-0.05, 0) is 62.8 Å². The van der Waals surface area contributed by atoms with E-state index in [2.05, 4.69) is 49.2 Å². The third-order valence-corrected chi connectivity index (χ3v) is 5.07. The van der Waals surface area contributed by atoms with Gasteiger partial charge >= 0.3 is 0 Å². The van der Waals surface area contributed by atoms with Crippen LogP contribution in [0.1, 0.15) is 44.7 Å². The van der Waals surface area contributed by atoms with Crippen molar-refractivity contribution in [2.75, 3.05) is 18.0 Å². The predicted octanol–water partition coefficient (Wildman–Crippen LogP) is 3.14. The first kappa shape index (κ1) is 13.0. The maximum Gasteiger partial charge on any atom is 0.0387 e. The number of anilines is 1. The molecular formula is C17H26N2. The zero-order chi connectivity index (χ0) is 13.5. The van der Waals surface area contributed by atoms with Crippen molar-refractivity contribution in [3.05, 3.63) is 29.3 Å². The number of nitrogens with one attached hydrogen (secondary N) is 1. The highest BCUT2D eigenvalue weighted by Crippen LogP contribution is 2.30. The second-order valence-electron chi connectivity index (χ2n) is 6.58. The number of nitrogens with zero attached hydrogens (tertiary/aromatic N) is 1. The van der Waals surface area contributed by atoms with E-state index < -0.39 is 0 Å². The quantitative estimate of drug-likeness (QED) is 0.876. The molecule has 0 bridgehead atoms. The van der Waals surface area contributed by atoms with Crippen LogP contribution in [0.5, 0.6) is 0 Å². The Balaban J connectivity index is 1.87. The fraction of sp³-hybridized carbons (Fsp3) is 0.647. The van der Waals surface area contributed by atoms with Crippen molar-refractivity contribution in [3.63, 3.8) is 0 Å². The lowest BCUT2D eigenvalue weighted by molar-refractivity contribution is 0.285. The number of hydrogen-bond donors (Lipinski definition) is 1. The van der Waals surface area contributed by atoms with Gasteiger partial charge in [0.25, 0.3) is 0 Å². The van der Waals surface area contributed by atoms with Crippen LogP contribution in [0.15, 0.2) is 18.2 Å². The highest BCUT2D eigenvalue weighted by molar-refractivity contribution is 5.53. The number of piperazine rings is 1. The van der Waals surface area contributed by atoms with E-state index in [-0.39, 0.29) is 5.54 Å². The van der Waals surface area contributed by atoms with Gasteiger partial charge in [-0.15, -0.1) is 0 Å². The molecular weight excluding hydrogens is 232 g/mol.